The van der Waals surface area contributed by atoms with Gasteiger partial charge < -0.3 is 15.5 Å². The number of benzene rings is 2. The van der Waals surface area contributed by atoms with Crippen LogP contribution in [0.5, 0.6) is 0 Å². The Morgan fingerprint density at radius 2 is 1.62 bits per heavy atom. The Labute approximate surface area is 191 Å². The second-order valence-electron chi connectivity index (χ2n) is 7.70. The Balaban J connectivity index is 1.41. The first-order chi connectivity index (χ1) is 16.2. The van der Waals surface area contributed by atoms with Gasteiger partial charge in [-0.05, 0) is 49.2 Å². The molecule has 2 aromatic carbocycles. The van der Waals surface area contributed by atoms with Crippen LogP contribution in [0.15, 0.2) is 54.6 Å². The van der Waals surface area contributed by atoms with Crippen molar-refractivity contribution in [1.82, 2.24) is 25.2 Å². The molecule has 8 nitrogen and oxygen atoms in total. The lowest BCUT2D eigenvalue weighted by Gasteiger charge is -2.32. The molecule has 1 aliphatic heterocycles. The minimum atomic E-state index is -4.93. The van der Waals surface area contributed by atoms with Crippen LogP contribution in [-0.4, -0.2) is 51.0 Å². The molecule has 178 valence electrons. The maximum atomic E-state index is 13.8. The van der Waals surface area contributed by atoms with Crippen LogP contribution in [0.2, 0.25) is 0 Å². The topological polar surface area (TPSA) is 92.2 Å². The van der Waals surface area contributed by atoms with Gasteiger partial charge in [-0.3, -0.25) is 4.79 Å². The van der Waals surface area contributed by atoms with Crippen molar-refractivity contribution in [2.24, 2.45) is 0 Å². The lowest BCUT2D eigenvalue weighted by atomic mass is 10.0. The molecule has 0 spiro atoms. The van der Waals surface area contributed by atoms with Gasteiger partial charge in [0, 0.05) is 24.8 Å². The van der Waals surface area contributed by atoms with Crippen LogP contribution in [0.1, 0.15) is 29.0 Å². The van der Waals surface area contributed by atoms with E-state index in [1.807, 2.05) is 6.07 Å². The quantitative estimate of drug-likeness (QED) is 0.560. The van der Waals surface area contributed by atoms with Crippen molar-refractivity contribution in [2.75, 3.05) is 18.4 Å². The van der Waals surface area contributed by atoms with Crippen LogP contribution >= 0.6 is 0 Å². The van der Waals surface area contributed by atoms with Gasteiger partial charge in [-0.15, -0.1) is 5.10 Å². The number of halogens is 4. The van der Waals surface area contributed by atoms with Gasteiger partial charge >= 0.3 is 12.2 Å². The van der Waals surface area contributed by atoms with E-state index in [0.29, 0.717) is 36.3 Å². The van der Waals surface area contributed by atoms with Crippen molar-refractivity contribution in [3.05, 3.63) is 71.8 Å². The second kappa shape index (κ2) is 9.49. The van der Waals surface area contributed by atoms with Crippen molar-refractivity contribution in [3.8, 4) is 5.69 Å². The van der Waals surface area contributed by atoms with Gasteiger partial charge in [0.05, 0.1) is 5.69 Å². The summed E-state index contributed by atoms with van der Waals surface area (Å²) >= 11 is 0. The normalized spacial score (nSPS) is 14.6. The molecular formula is C22H20F4N6O2. The minimum absolute atomic E-state index is 0.0852. The summed E-state index contributed by atoms with van der Waals surface area (Å²) in [7, 11) is 0. The highest BCUT2D eigenvalue weighted by molar-refractivity contribution is 5.94. The van der Waals surface area contributed by atoms with Gasteiger partial charge in [0.15, 0.2) is 11.4 Å². The summed E-state index contributed by atoms with van der Waals surface area (Å²) in [5, 5.41) is 12.3. The van der Waals surface area contributed by atoms with Crippen LogP contribution < -0.4 is 10.6 Å². The van der Waals surface area contributed by atoms with Crippen LogP contribution in [0.4, 0.5) is 28.0 Å². The molecule has 34 heavy (non-hydrogen) atoms. The van der Waals surface area contributed by atoms with Gasteiger partial charge in [0.25, 0.3) is 5.91 Å². The average molecular weight is 476 g/mol. The number of carbonyl (C=O) groups excluding carboxylic acids is 2. The largest absolute Gasteiger partial charge is 0.435 e. The third-order valence-corrected chi connectivity index (χ3v) is 5.37. The van der Waals surface area contributed by atoms with Crippen molar-refractivity contribution in [2.45, 2.75) is 25.1 Å². The molecule has 0 bridgehead atoms. The molecule has 3 amide bonds. The number of nitrogens with one attached hydrogen (secondary N) is 2. The third kappa shape index (κ3) is 5.16. The molecule has 0 radical (unpaired) electrons. The molecule has 0 atom stereocenters. The van der Waals surface area contributed by atoms with Gasteiger partial charge in [0.1, 0.15) is 5.82 Å². The summed E-state index contributed by atoms with van der Waals surface area (Å²) in [6, 6.07) is 12.4. The number of carbonyl (C=O) groups is 2. The average Bonchev–Trinajstić information content (AvgIpc) is 3.27. The number of hydrogen-bond donors (Lipinski definition) is 2. The standard InChI is InChI=1S/C22H20F4N6O2/c23-14-6-8-17(9-7-14)32-19(22(24,25)26)18(29-30-32)20(33)27-16-10-12-31(13-11-16)21(34)28-15-4-2-1-3-5-15/h1-9,16H,10-13H2,(H,27,33)(H,28,34). The number of piperidine rings is 1. The van der Waals surface area contributed by atoms with Crippen LogP contribution in [0.3, 0.4) is 0 Å². The summed E-state index contributed by atoms with van der Waals surface area (Å²) in [6.07, 6.45) is -4.20. The predicted molar refractivity (Wildman–Crippen MR) is 114 cm³/mol. The fraction of sp³-hybridized carbons (Fsp3) is 0.273. The maximum absolute atomic E-state index is 13.8. The van der Waals surface area contributed by atoms with Crippen molar-refractivity contribution < 1.29 is 27.2 Å². The monoisotopic (exact) mass is 476 g/mol. The highest BCUT2D eigenvalue weighted by Gasteiger charge is 2.42. The van der Waals surface area contributed by atoms with E-state index in [0.717, 1.165) is 24.3 Å². The highest BCUT2D eigenvalue weighted by atomic mass is 19.4. The zero-order valence-corrected chi connectivity index (χ0v) is 17.7. The molecule has 0 saturated carbocycles. The first kappa shape index (κ1) is 23.2. The molecule has 0 unspecified atom stereocenters. The van der Waals surface area contributed by atoms with E-state index in [1.54, 1.807) is 29.2 Å². The molecular weight excluding hydrogens is 456 g/mol. The summed E-state index contributed by atoms with van der Waals surface area (Å²) in [5.74, 6) is -1.65. The van der Waals surface area contributed by atoms with Crippen molar-refractivity contribution in [1.29, 1.82) is 0 Å². The van der Waals surface area contributed by atoms with E-state index in [-0.39, 0.29) is 11.7 Å². The molecule has 1 fully saturated rings. The number of para-hydroxylation sites is 1. The fourth-order valence-corrected chi connectivity index (χ4v) is 3.66. The minimum Gasteiger partial charge on any atom is -0.348 e. The first-order valence-corrected chi connectivity index (χ1v) is 10.4. The second-order valence-corrected chi connectivity index (χ2v) is 7.70. The lowest BCUT2D eigenvalue weighted by Crippen LogP contribution is -2.48. The van der Waals surface area contributed by atoms with Gasteiger partial charge in [-0.1, -0.05) is 23.4 Å². The Bertz CT molecular complexity index is 1160. The molecule has 1 saturated heterocycles. The lowest BCUT2D eigenvalue weighted by molar-refractivity contribution is -0.143. The summed E-state index contributed by atoms with van der Waals surface area (Å²) < 4.78 is 54.9. The number of anilines is 1. The number of urea groups is 1. The molecule has 0 aliphatic carbocycles. The van der Waals surface area contributed by atoms with E-state index in [2.05, 4.69) is 20.9 Å². The molecule has 2 N–H and O–H groups in total. The number of aromatic nitrogens is 3. The summed E-state index contributed by atoms with van der Waals surface area (Å²) in [6.45, 7) is 0.635. The molecule has 12 heteroatoms. The highest BCUT2D eigenvalue weighted by Crippen LogP contribution is 2.33. The first-order valence-electron chi connectivity index (χ1n) is 10.4. The summed E-state index contributed by atoms with van der Waals surface area (Å²) in [5.41, 5.74) is -1.66. The molecule has 2 heterocycles. The Kier molecular flexibility index (Phi) is 6.48. The number of alkyl halides is 3. The third-order valence-electron chi connectivity index (χ3n) is 5.37. The van der Waals surface area contributed by atoms with Crippen molar-refractivity contribution >= 4 is 17.6 Å². The van der Waals surface area contributed by atoms with E-state index in [4.69, 9.17) is 0 Å². The number of amides is 3. The Morgan fingerprint density at radius 1 is 0.971 bits per heavy atom. The van der Waals surface area contributed by atoms with E-state index in [9.17, 15) is 27.2 Å². The molecule has 3 aromatic rings. The number of likely N-dealkylation sites (tertiary alicyclic amines) is 1. The molecule has 1 aliphatic rings. The molecule has 1 aromatic heterocycles. The Hall–Kier alpha value is -3.96. The summed E-state index contributed by atoms with van der Waals surface area (Å²) in [4.78, 5) is 26.6. The van der Waals surface area contributed by atoms with E-state index < -0.39 is 35.3 Å². The van der Waals surface area contributed by atoms with Crippen LogP contribution in [0.25, 0.3) is 5.69 Å². The zero-order valence-electron chi connectivity index (χ0n) is 17.7. The number of nitrogens with zero attached hydrogens (tertiary/aromatic N) is 4. The maximum Gasteiger partial charge on any atom is 0.435 e. The van der Waals surface area contributed by atoms with E-state index in [1.165, 1.54) is 0 Å². The smallest absolute Gasteiger partial charge is 0.348 e. The fourth-order valence-electron chi connectivity index (χ4n) is 3.66. The molecule has 4 rings (SSSR count). The Morgan fingerprint density at radius 3 is 2.24 bits per heavy atom. The van der Waals surface area contributed by atoms with Crippen LogP contribution in [0, 0.1) is 5.82 Å². The van der Waals surface area contributed by atoms with Gasteiger partial charge in [-0.25, -0.2) is 13.9 Å². The van der Waals surface area contributed by atoms with Crippen molar-refractivity contribution in [3.63, 3.8) is 0 Å². The van der Waals surface area contributed by atoms with E-state index >= 15 is 0 Å². The number of rotatable bonds is 4. The van der Waals surface area contributed by atoms with Gasteiger partial charge in [0.2, 0.25) is 0 Å². The van der Waals surface area contributed by atoms with Crippen LogP contribution in [-0.2, 0) is 6.18 Å². The SMILES string of the molecule is O=C(NC1CCN(C(=O)Nc2ccccc2)CC1)c1nnn(-c2ccc(F)cc2)c1C(F)(F)F. The van der Waals surface area contributed by atoms with Gasteiger partial charge in [-0.2, -0.15) is 13.2 Å². The zero-order chi connectivity index (χ0) is 24.3. The predicted octanol–water partition coefficient (Wildman–Crippen LogP) is 3.85. The number of hydrogen-bond acceptors (Lipinski definition) is 4.